The Balaban J connectivity index is 1.43. The molecule has 2 aliphatic rings. The highest BCUT2D eigenvalue weighted by Gasteiger charge is 2.44. The summed E-state index contributed by atoms with van der Waals surface area (Å²) in [5, 5.41) is 11.9. The first-order chi connectivity index (χ1) is 11.6. The van der Waals surface area contributed by atoms with Crippen molar-refractivity contribution in [2.24, 2.45) is 5.92 Å². The number of carbonyl (C=O) groups excluding carboxylic acids is 1. The van der Waals surface area contributed by atoms with E-state index in [0.717, 1.165) is 16.9 Å². The number of aliphatic carboxylic acids is 1. The van der Waals surface area contributed by atoms with E-state index in [0.29, 0.717) is 18.7 Å². The number of nitrogens with one attached hydrogen (secondary N) is 1. The molecule has 5 heteroatoms. The van der Waals surface area contributed by atoms with Gasteiger partial charge in [0.1, 0.15) is 18.3 Å². The molecule has 1 aliphatic carbocycles. The molecule has 0 bridgehead atoms. The SMILES string of the molecule is O=C(Nc1ccc([C@@H]2C[C@H]2C(=O)O)cc1)C1COc2ccccc21. The number of para-hydroxylation sites is 1. The summed E-state index contributed by atoms with van der Waals surface area (Å²) in [7, 11) is 0. The molecule has 122 valence electrons. The first-order valence-corrected chi connectivity index (χ1v) is 7.99. The molecule has 1 fully saturated rings. The number of carbonyl (C=O) groups is 2. The van der Waals surface area contributed by atoms with Gasteiger partial charge >= 0.3 is 5.97 Å². The highest BCUT2D eigenvalue weighted by atomic mass is 16.5. The number of anilines is 1. The second-order valence-electron chi connectivity index (χ2n) is 6.30. The Labute approximate surface area is 139 Å². The number of ether oxygens (including phenoxy) is 1. The Morgan fingerprint density at radius 2 is 1.83 bits per heavy atom. The number of fused-ring (bicyclic) bond motifs is 1. The molecule has 1 saturated carbocycles. The summed E-state index contributed by atoms with van der Waals surface area (Å²) >= 11 is 0. The van der Waals surface area contributed by atoms with Gasteiger partial charge in [0.2, 0.25) is 5.91 Å². The van der Waals surface area contributed by atoms with Crippen molar-refractivity contribution in [3.8, 4) is 5.75 Å². The molecule has 2 N–H and O–H groups in total. The fourth-order valence-electron chi connectivity index (χ4n) is 3.26. The van der Waals surface area contributed by atoms with Crippen LogP contribution in [0.3, 0.4) is 0 Å². The number of carboxylic acids is 1. The minimum absolute atomic E-state index is 0.0949. The van der Waals surface area contributed by atoms with E-state index in [2.05, 4.69) is 5.32 Å². The standard InChI is InChI=1S/C19H17NO4/c21-18(16-10-24-17-4-2-1-3-13(16)17)20-12-7-5-11(6-8-12)14-9-15(14)19(22)23/h1-8,14-16H,9-10H2,(H,20,21)(H,22,23)/t14-,15+,16?/m0/s1. The molecule has 2 aromatic carbocycles. The second kappa shape index (κ2) is 5.67. The van der Waals surface area contributed by atoms with Crippen molar-refractivity contribution in [1.29, 1.82) is 0 Å². The quantitative estimate of drug-likeness (QED) is 0.907. The molecule has 1 unspecified atom stereocenters. The van der Waals surface area contributed by atoms with Crippen LogP contribution in [-0.2, 0) is 9.59 Å². The summed E-state index contributed by atoms with van der Waals surface area (Å²) in [4.78, 5) is 23.4. The molecule has 5 nitrogen and oxygen atoms in total. The van der Waals surface area contributed by atoms with Crippen LogP contribution in [-0.4, -0.2) is 23.6 Å². The molecule has 0 spiro atoms. The molecule has 3 atom stereocenters. The van der Waals surface area contributed by atoms with Crippen LogP contribution in [0.5, 0.6) is 5.75 Å². The first-order valence-electron chi connectivity index (χ1n) is 7.99. The number of hydrogen-bond donors (Lipinski definition) is 2. The number of hydrogen-bond acceptors (Lipinski definition) is 3. The van der Waals surface area contributed by atoms with Crippen molar-refractivity contribution in [3.05, 3.63) is 59.7 Å². The van der Waals surface area contributed by atoms with E-state index >= 15 is 0 Å². The van der Waals surface area contributed by atoms with Crippen molar-refractivity contribution >= 4 is 17.6 Å². The minimum atomic E-state index is -0.739. The van der Waals surface area contributed by atoms with Crippen molar-refractivity contribution in [1.82, 2.24) is 0 Å². The molecule has 2 aromatic rings. The first kappa shape index (κ1) is 14.8. The van der Waals surface area contributed by atoms with Crippen molar-refractivity contribution in [2.45, 2.75) is 18.3 Å². The number of benzene rings is 2. The van der Waals surface area contributed by atoms with Crippen LogP contribution >= 0.6 is 0 Å². The van der Waals surface area contributed by atoms with E-state index in [1.165, 1.54) is 0 Å². The molecule has 0 radical (unpaired) electrons. The van der Waals surface area contributed by atoms with Crippen LogP contribution in [0.2, 0.25) is 0 Å². The Morgan fingerprint density at radius 1 is 1.08 bits per heavy atom. The van der Waals surface area contributed by atoms with Gasteiger partial charge in [-0.3, -0.25) is 9.59 Å². The second-order valence-corrected chi connectivity index (χ2v) is 6.30. The van der Waals surface area contributed by atoms with Gasteiger partial charge in [-0.2, -0.15) is 0 Å². The number of rotatable bonds is 4. The maximum atomic E-state index is 12.5. The van der Waals surface area contributed by atoms with E-state index in [9.17, 15) is 9.59 Å². The Morgan fingerprint density at radius 3 is 2.54 bits per heavy atom. The van der Waals surface area contributed by atoms with E-state index in [1.54, 1.807) is 0 Å². The van der Waals surface area contributed by atoms with Gasteiger partial charge in [-0.25, -0.2) is 0 Å². The fraction of sp³-hybridized carbons (Fsp3) is 0.263. The molecule has 1 heterocycles. The highest BCUT2D eigenvalue weighted by Crippen LogP contribution is 2.47. The predicted octanol–water partition coefficient (Wildman–Crippen LogP) is 2.99. The van der Waals surface area contributed by atoms with Gasteiger partial charge in [0.05, 0.1) is 5.92 Å². The summed E-state index contributed by atoms with van der Waals surface area (Å²) in [5.74, 6) is -0.540. The normalized spacial score (nSPS) is 23.9. The number of amides is 1. The molecular formula is C19H17NO4. The van der Waals surface area contributed by atoms with Crippen LogP contribution in [0, 0.1) is 5.92 Å². The summed E-state index contributed by atoms with van der Waals surface area (Å²) in [6, 6.07) is 15.0. The van der Waals surface area contributed by atoms with Gasteiger partial charge in [-0.15, -0.1) is 0 Å². The number of carboxylic acid groups (broad SMARTS) is 1. The lowest BCUT2D eigenvalue weighted by molar-refractivity contribution is -0.138. The van der Waals surface area contributed by atoms with Gasteiger partial charge in [0.25, 0.3) is 0 Å². The van der Waals surface area contributed by atoms with Crippen LogP contribution in [0.1, 0.15) is 29.4 Å². The average molecular weight is 323 g/mol. The van der Waals surface area contributed by atoms with E-state index in [-0.39, 0.29) is 23.7 Å². The fourth-order valence-corrected chi connectivity index (χ4v) is 3.26. The van der Waals surface area contributed by atoms with Crippen LogP contribution in [0.25, 0.3) is 0 Å². The van der Waals surface area contributed by atoms with Gasteiger partial charge in [-0.05, 0) is 36.1 Å². The maximum absolute atomic E-state index is 12.5. The topological polar surface area (TPSA) is 75.6 Å². The van der Waals surface area contributed by atoms with Gasteiger partial charge in [-0.1, -0.05) is 30.3 Å². The largest absolute Gasteiger partial charge is 0.492 e. The zero-order chi connectivity index (χ0) is 16.7. The summed E-state index contributed by atoms with van der Waals surface area (Å²) in [6.07, 6.45) is 0.692. The lowest BCUT2D eigenvalue weighted by Gasteiger charge is -2.11. The van der Waals surface area contributed by atoms with Crippen LogP contribution in [0.4, 0.5) is 5.69 Å². The Bertz CT molecular complexity index is 799. The summed E-state index contributed by atoms with van der Waals surface area (Å²) in [5.41, 5.74) is 2.63. The van der Waals surface area contributed by atoms with Crippen LogP contribution in [0.15, 0.2) is 48.5 Å². The lowest BCUT2D eigenvalue weighted by Crippen LogP contribution is -2.22. The zero-order valence-electron chi connectivity index (χ0n) is 12.9. The van der Waals surface area contributed by atoms with E-state index in [4.69, 9.17) is 9.84 Å². The Kier molecular flexibility index (Phi) is 3.49. The highest BCUT2D eigenvalue weighted by molar-refractivity contribution is 5.97. The lowest BCUT2D eigenvalue weighted by atomic mass is 10.0. The average Bonchev–Trinajstić information content (AvgIpc) is 3.28. The van der Waals surface area contributed by atoms with E-state index < -0.39 is 5.97 Å². The van der Waals surface area contributed by atoms with Crippen molar-refractivity contribution in [3.63, 3.8) is 0 Å². The van der Waals surface area contributed by atoms with Gasteiger partial charge in [0, 0.05) is 11.3 Å². The van der Waals surface area contributed by atoms with Crippen molar-refractivity contribution < 1.29 is 19.4 Å². The maximum Gasteiger partial charge on any atom is 0.307 e. The minimum Gasteiger partial charge on any atom is -0.492 e. The molecule has 0 aromatic heterocycles. The van der Waals surface area contributed by atoms with Crippen molar-refractivity contribution in [2.75, 3.05) is 11.9 Å². The van der Waals surface area contributed by atoms with Crippen LogP contribution < -0.4 is 10.1 Å². The van der Waals surface area contributed by atoms with Gasteiger partial charge < -0.3 is 15.2 Å². The molecule has 0 saturated heterocycles. The third kappa shape index (κ3) is 2.62. The molecule has 4 rings (SSSR count). The third-order valence-electron chi connectivity index (χ3n) is 4.73. The molecule has 1 aliphatic heterocycles. The third-order valence-corrected chi connectivity index (χ3v) is 4.73. The smallest absolute Gasteiger partial charge is 0.307 e. The Hall–Kier alpha value is -2.82. The van der Waals surface area contributed by atoms with E-state index in [1.807, 2.05) is 48.5 Å². The molecule has 24 heavy (non-hydrogen) atoms. The molecular weight excluding hydrogens is 306 g/mol. The molecule has 1 amide bonds. The van der Waals surface area contributed by atoms with Gasteiger partial charge in [0.15, 0.2) is 0 Å². The summed E-state index contributed by atoms with van der Waals surface area (Å²) in [6.45, 7) is 0.353. The monoisotopic (exact) mass is 323 g/mol. The summed E-state index contributed by atoms with van der Waals surface area (Å²) < 4.78 is 5.55. The zero-order valence-corrected chi connectivity index (χ0v) is 12.9. The predicted molar refractivity (Wildman–Crippen MR) is 88.2 cm³/mol.